The summed E-state index contributed by atoms with van der Waals surface area (Å²) in [6.45, 7) is 5.61. The van der Waals surface area contributed by atoms with Crippen molar-refractivity contribution in [2.75, 3.05) is 6.54 Å². The smallest absolute Gasteiger partial charge is 0.431 e. The summed E-state index contributed by atoms with van der Waals surface area (Å²) >= 11 is 0. The van der Waals surface area contributed by atoms with Crippen LogP contribution in [0.3, 0.4) is 0 Å². The molecule has 2 N–H and O–H groups in total. The Morgan fingerprint density at radius 2 is 1.62 bits per heavy atom. The molecule has 1 atom stereocenters. The van der Waals surface area contributed by atoms with Crippen LogP contribution in [0.15, 0.2) is 0 Å². The summed E-state index contributed by atoms with van der Waals surface area (Å²) < 4.78 is 14.8. The Bertz CT molecular complexity index is 329. The van der Waals surface area contributed by atoms with Crippen LogP contribution >= 0.6 is 12.4 Å². The molecule has 0 radical (unpaired) electrons. The predicted octanol–water partition coefficient (Wildman–Crippen LogP) is 2.62. The van der Waals surface area contributed by atoms with Gasteiger partial charge in [0.1, 0.15) is 0 Å². The third-order valence-electron chi connectivity index (χ3n) is 3.39. The van der Waals surface area contributed by atoms with Gasteiger partial charge in [0.15, 0.2) is 0 Å². The van der Waals surface area contributed by atoms with Crippen molar-refractivity contribution in [3.63, 3.8) is 0 Å². The summed E-state index contributed by atoms with van der Waals surface area (Å²) in [5, 5.41) is 0. The van der Waals surface area contributed by atoms with Crippen molar-refractivity contribution in [2.45, 2.75) is 58.8 Å². The number of nitrogens with two attached hydrogens (primary N) is 1. The average molecular weight is 324 g/mol. The molecule has 0 heterocycles. The van der Waals surface area contributed by atoms with Gasteiger partial charge in [-0.3, -0.25) is 4.79 Å². The Balaban J connectivity index is 0.00000400. The number of carbonyl (C=O) groups excluding carboxylic acids is 2. The molecule has 1 rings (SSSR count). The van der Waals surface area contributed by atoms with Crippen LogP contribution < -0.4 is 5.73 Å². The van der Waals surface area contributed by atoms with Crippen LogP contribution in [0.25, 0.3) is 0 Å². The molecule has 0 amide bonds. The first-order valence-corrected chi connectivity index (χ1v) is 7.20. The molecule has 7 heteroatoms. The van der Waals surface area contributed by atoms with Gasteiger partial charge < -0.3 is 19.9 Å². The minimum atomic E-state index is -0.930. The number of hydrogen-bond acceptors (Lipinski definition) is 6. The average Bonchev–Trinajstić information content (AvgIpc) is 2.37. The summed E-state index contributed by atoms with van der Waals surface area (Å²) in [5.41, 5.74) is 5.61. The number of hydrogen-bond donors (Lipinski definition) is 1. The van der Waals surface area contributed by atoms with Gasteiger partial charge in [-0.25, -0.2) is 4.79 Å². The van der Waals surface area contributed by atoms with Crippen molar-refractivity contribution in [2.24, 2.45) is 17.6 Å². The summed E-state index contributed by atoms with van der Waals surface area (Å²) in [6, 6.07) is 0. The summed E-state index contributed by atoms with van der Waals surface area (Å²) in [6.07, 6.45) is 1.43. The topological polar surface area (TPSA) is 87.9 Å². The maximum Gasteiger partial charge on any atom is 0.511 e. The zero-order valence-electron chi connectivity index (χ0n) is 12.9. The fourth-order valence-electron chi connectivity index (χ4n) is 2.27. The van der Waals surface area contributed by atoms with Crippen LogP contribution in [0, 0.1) is 11.8 Å². The lowest BCUT2D eigenvalue weighted by Crippen LogP contribution is -2.30. The molecule has 0 bridgehead atoms. The highest BCUT2D eigenvalue weighted by molar-refractivity contribution is 5.85. The lowest BCUT2D eigenvalue weighted by molar-refractivity contribution is -0.174. The van der Waals surface area contributed by atoms with Gasteiger partial charge in [-0.1, -0.05) is 0 Å². The van der Waals surface area contributed by atoms with Gasteiger partial charge in [0.25, 0.3) is 0 Å². The molecule has 0 saturated heterocycles. The van der Waals surface area contributed by atoms with E-state index in [1.54, 1.807) is 13.8 Å². The highest BCUT2D eigenvalue weighted by Gasteiger charge is 2.28. The molecule has 1 fully saturated rings. The molecule has 1 saturated carbocycles. The van der Waals surface area contributed by atoms with E-state index in [1.165, 1.54) is 6.92 Å². The van der Waals surface area contributed by atoms with Crippen molar-refractivity contribution in [3.05, 3.63) is 0 Å². The van der Waals surface area contributed by atoms with Crippen molar-refractivity contribution in [1.29, 1.82) is 0 Å². The van der Waals surface area contributed by atoms with Gasteiger partial charge in [-0.15, -0.1) is 12.4 Å². The van der Waals surface area contributed by atoms with Gasteiger partial charge in [-0.2, -0.15) is 0 Å². The quantitative estimate of drug-likeness (QED) is 0.618. The molecular formula is C14H26ClNO5. The van der Waals surface area contributed by atoms with Crippen molar-refractivity contribution >= 4 is 24.5 Å². The summed E-state index contributed by atoms with van der Waals surface area (Å²) in [7, 11) is 0. The molecule has 1 unspecified atom stereocenters. The first kappa shape index (κ1) is 20.0. The van der Waals surface area contributed by atoms with Gasteiger partial charge in [0.2, 0.25) is 6.29 Å². The number of esters is 1. The third-order valence-corrected chi connectivity index (χ3v) is 3.39. The Labute approximate surface area is 132 Å². The van der Waals surface area contributed by atoms with E-state index in [0.717, 1.165) is 25.7 Å². The number of carbonyl (C=O) groups is 2. The van der Waals surface area contributed by atoms with E-state index in [4.69, 9.17) is 19.9 Å². The van der Waals surface area contributed by atoms with Crippen molar-refractivity contribution in [1.82, 2.24) is 0 Å². The van der Waals surface area contributed by atoms with Crippen LogP contribution in [-0.2, 0) is 19.0 Å². The second kappa shape index (κ2) is 9.84. The highest BCUT2D eigenvalue weighted by atomic mass is 35.5. The molecule has 0 aromatic carbocycles. The summed E-state index contributed by atoms with van der Waals surface area (Å²) in [4.78, 5) is 23.2. The lowest BCUT2D eigenvalue weighted by Gasteiger charge is -2.27. The van der Waals surface area contributed by atoms with Crippen LogP contribution in [0.1, 0.15) is 46.5 Å². The van der Waals surface area contributed by atoms with E-state index in [-0.39, 0.29) is 30.4 Å². The molecule has 21 heavy (non-hydrogen) atoms. The largest absolute Gasteiger partial charge is 0.511 e. The maximum atomic E-state index is 11.9. The molecule has 1 aliphatic carbocycles. The molecule has 1 aliphatic rings. The second-order valence-corrected chi connectivity index (χ2v) is 5.49. The van der Waals surface area contributed by atoms with Crippen LogP contribution in [0.5, 0.6) is 0 Å². The SMILES string of the molecule is CC(C)OC(=O)OC(C)OC(=O)C1CCC(CN)CC1.Cl. The van der Waals surface area contributed by atoms with Crippen molar-refractivity contribution in [3.8, 4) is 0 Å². The highest BCUT2D eigenvalue weighted by Crippen LogP contribution is 2.29. The Hall–Kier alpha value is -1.01. The molecule has 124 valence electrons. The molecular weight excluding hydrogens is 298 g/mol. The van der Waals surface area contributed by atoms with E-state index >= 15 is 0 Å². The minimum Gasteiger partial charge on any atom is -0.431 e. The summed E-state index contributed by atoms with van der Waals surface area (Å²) in [5.74, 6) is 0.0732. The standard InChI is InChI=1S/C14H25NO5.ClH/c1-9(2)18-14(17)20-10(3)19-13(16)12-6-4-11(8-15)5-7-12;/h9-12H,4-8,15H2,1-3H3;1H. The fraction of sp³-hybridized carbons (Fsp3) is 0.857. The van der Waals surface area contributed by atoms with E-state index in [0.29, 0.717) is 12.5 Å². The Morgan fingerprint density at radius 3 is 2.10 bits per heavy atom. The van der Waals surface area contributed by atoms with Gasteiger partial charge in [-0.05, 0) is 52.0 Å². The van der Waals surface area contributed by atoms with E-state index < -0.39 is 12.4 Å². The van der Waals surface area contributed by atoms with Crippen LogP contribution in [0.4, 0.5) is 4.79 Å². The minimum absolute atomic E-state index is 0. The lowest BCUT2D eigenvalue weighted by atomic mass is 9.82. The fourth-order valence-corrected chi connectivity index (χ4v) is 2.27. The molecule has 0 aromatic rings. The molecule has 0 aromatic heterocycles. The second-order valence-electron chi connectivity index (χ2n) is 5.49. The third kappa shape index (κ3) is 7.52. The zero-order valence-corrected chi connectivity index (χ0v) is 13.7. The molecule has 0 spiro atoms. The normalized spacial score (nSPS) is 22.9. The monoisotopic (exact) mass is 323 g/mol. The van der Waals surface area contributed by atoms with Crippen molar-refractivity contribution < 1.29 is 23.8 Å². The first-order chi connectivity index (χ1) is 9.42. The van der Waals surface area contributed by atoms with E-state index in [1.807, 2.05) is 0 Å². The van der Waals surface area contributed by atoms with E-state index in [9.17, 15) is 9.59 Å². The first-order valence-electron chi connectivity index (χ1n) is 7.20. The number of rotatable bonds is 5. The zero-order chi connectivity index (χ0) is 15.1. The number of ether oxygens (including phenoxy) is 3. The Morgan fingerprint density at radius 1 is 1.05 bits per heavy atom. The van der Waals surface area contributed by atoms with Gasteiger partial charge in [0.05, 0.1) is 12.0 Å². The van der Waals surface area contributed by atoms with Gasteiger partial charge >= 0.3 is 12.1 Å². The van der Waals surface area contributed by atoms with E-state index in [2.05, 4.69) is 0 Å². The van der Waals surface area contributed by atoms with Gasteiger partial charge in [0, 0.05) is 6.92 Å². The Kier molecular flexibility index (Phi) is 9.37. The van der Waals surface area contributed by atoms with Crippen LogP contribution in [-0.4, -0.2) is 31.1 Å². The predicted molar refractivity (Wildman–Crippen MR) is 80.0 cm³/mol. The molecule has 6 nitrogen and oxygen atoms in total. The molecule has 0 aliphatic heterocycles. The van der Waals surface area contributed by atoms with Crippen LogP contribution in [0.2, 0.25) is 0 Å². The number of halogens is 1. The maximum absolute atomic E-state index is 11.9.